The Morgan fingerprint density at radius 3 is 2.76 bits per heavy atom. The topological polar surface area (TPSA) is 55.1 Å². The number of carbonyl (C=O) groups excluding carboxylic acids is 1. The molecule has 0 spiro atoms. The second kappa shape index (κ2) is 5.73. The quantitative estimate of drug-likeness (QED) is 0.766. The molecule has 0 aliphatic carbocycles. The number of amides is 1. The Morgan fingerprint density at radius 1 is 1.19 bits per heavy atom. The van der Waals surface area contributed by atoms with Gasteiger partial charge in [0.15, 0.2) is 0 Å². The minimum Gasteiger partial charge on any atom is -0.326 e. The van der Waals surface area contributed by atoms with Crippen molar-refractivity contribution in [1.29, 1.82) is 0 Å². The van der Waals surface area contributed by atoms with Gasteiger partial charge in [0.05, 0.1) is 6.04 Å². The van der Waals surface area contributed by atoms with Crippen molar-refractivity contribution in [2.75, 3.05) is 5.32 Å². The van der Waals surface area contributed by atoms with E-state index < -0.39 is 0 Å². The van der Waals surface area contributed by atoms with Gasteiger partial charge in [-0.3, -0.25) is 4.79 Å². The maximum atomic E-state index is 13.2. The van der Waals surface area contributed by atoms with Gasteiger partial charge in [0.25, 0.3) is 0 Å². The number of nitrogens with one attached hydrogen (secondary N) is 1. The fourth-order valence-electron chi connectivity index (χ4n) is 2.53. The van der Waals surface area contributed by atoms with Crippen LogP contribution >= 0.6 is 22.6 Å². The SMILES string of the molecule is NC(c1ccc2c(c1)CCC(=O)N2)c1ccc(F)cc1I. The summed E-state index contributed by atoms with van der Waals surface area (Å²) in [5, 5.41) is 2.85. The number of halogens is 2. The van der Waals surface area contributed by atoms with Crippen molar-refractivity contribution in [2.24, 2.45) is 5.73 Å². The zero-order chi connectivity index (χ0) is 15.0. The minimum absolute atomic E-state index is 0.0487. The molecule has 0 bridgehead atoms. The molecule has 1 unspecified atom stereocenters. The number of aryl methyl sites for hydroxylation is 1. The number of nitrogens with two attached hydrogens (primary N) is 1. The number of hydrogen-bond donors (Lipinski definition) is 2. The summed E-state index contributed by atoms with van der Waals surface area (Å²) in [4.78, 5) is 11.4. The summed E-state index contributed by atoms with van der Waals surface area (Å²) in [6, 6.07) is 10.2. The summed E-state index contributed by atoms with van der Waals surface area (Å²) in [5.41, 5.74) is 10.1. The summed E-state index contributed by atoms with van der Waals surface area (Å²) < 4.78 is 14.0. The number of carbonyl (C=O) groups is 1. The lowest BCUT2D eigenvalue weighted by Crippen LogP contribution is -2.20. The normalized spacial score (nSPS) is 15.3. The van der Waals surface area contributed by atoms with E-state index in [4.69, 9.17) is 5.73 Å². The van der Waals surface area contributed by atoms with Gasteiger partial charge in [0, 0.05) is 15.7 Å². The molecule has 0 fully saturated rings. The van der Waals surface area contributed by atoms with Crippen molar-refractivity contribution in [3.05, 3.63) is 62.5 Å². The predicted molar refractivity (Wildman–Crippen MR) is 88.5 cm³/mol. The van der Waals surface area contributed by atoms with Gasteiger partial charge in [-0.2, -0.15) is 0 Å². The van der Waals surface area contributed by atoms with Crippen LogP contribution in [0.15, 0.2) is 36.4 Å². The van der Waals surface area contributed by atoms with Gasteiger partial charge in [0.1, 0.15) is 5.82 Å². The molecule has 0 saturated heterocycles. The Labute approximate surface area is 135 Å². The van der Waals surface area contributed by atoms with Crippen LogP contribution in [0.2, 0.25) is 0 Å². The molecular formula is C16H14FIN2O. The van der Waals surface area contributed by atoms with Crippen LogP contribution in [0, 0.1) is 9.39 Å². The van der Waals surface area contributed by atoms with Gasteiger partial charge >= 0.3 is 0 Å². The highest BCUT2D eigenvalue weighted by Crippen LogP contribution is 2.29. The second-order valence-corrected chi connectivity index (χ2v) is 6.27. The Morgan fingerprint density at radius 2 is 2.00 bits per heavy atom. The molecule has 2 aromatic carbocycles. The molecule has 1 amide bonds. The molecule has 3 N–H and O–H groups in total. The molecule has 0 radical (unpaired) electrons. The smallest absolute Gasteiger partial charge is 0.224 e. The Bertz CT molecular complexity index is 717. The van der Waals surface area contributed by atoms with Crippen LogP contribution in [0.5, 0.6) is 0 Å². The summed E-state index contributed by atoms with van der Waals surface area (Å²) >= 11 is 2.10. The van der Waals surface area contributed by atoms with Crippen LogP contribution in [0.3, 0.4) is 0 Å². The standard InChI is InChI=1S/C16H14FIN2O/c17-11-3-4-12(13(18)8-11)16(19)10-1-5-14-9(7-10)2-6-15(21)20-14/h1,3-5,7-8,16H,2,6,19H2,(H,20,21). The van der Waals surface area contributed by atoms with Gasteiger partial charge < -0.3 is 11.1 Å². The van der Waals surface area contributed by atoms with Crippen molar-refractivity contribution in [3.63, 3.8) is 0 Å². The van der Waals surface area contributed by atoms with Gasteiger partial charge in [-0.1, -0.05) is 18.2 Å². The summed E-state index contributed by atoms with van der Waals surface area (Å²) in [5.74, 6) is -0.212. The first-order chi connectivity index (χ1) is 10.0. The largest absolute Gasteiger partial charge is 0.326 e. The summed E-state index contributed by atoms with van der Waals surface area (Å²) in [6.07, 6.45) is 1.22. The number of rotatable bonds is 2. The molecule has 21 heavy (non-hydrogen) atoms. The molecule has 1 aliphatic heterocycles. The minimum atomic E-state index is -0.305. The van der Waals surface area contributed by atoms with Crippen molar-refractivity contribution < 1.29 is 9.18 Å². The fraction of sp³-hybridized carbons (Fsp3) is 0.188. The highest BCUT2D eigenvalue weighted by atomic mass is 127. The summed E-state index contributed by atoms with van der Waals surface area (Å²) in [6.45, 7) is 0. The highest BCUT2D eigenvalue weighted by Gasteiger charge is 2.18. The van der Waals surface area contributed by atoms with E-state index in [9.17, 15) is 9.18 Å². The first kappa shape index (κ1) is 14.5. The van der Waals surface area contributed by atoms with E-state index in [0.717, 1.165) is 32.4 Å². The molecule has 1 atom stereocenters. The van der Waals surface area contributed by atoms with Gasteiger partial charge in [-0.25, -0.2) is 4.39 Å². The van der Waals surface area contributed by atoms with E-state index in [-0.39, 0.29) is 17.8 Å². The zero-order valence-corrected chi connectivity index (χ0v) is 13.4. The third kappa shape index (κ3) is 2.94. The maximum absolute atomic E-state index is 13.2. The average Bonchev–Trinajstić information content (AvgIpc) is 2.46. The van der Waals surface area contributed by atoms with E-state index >= 15 is 0 Å². The van der Waals surface area contributed by atoms with Gasteiger partial charge in [0.2, 0.25) is 5.91 Å². The first-order valence-corrected chi connectivity index (χ1v) is 7.75. The second-order valence-electron chi connectivity index (χ2n) is 5.11. The van der Waals surface area contributed by atoms with E-state index in [1.807, 2.05) is 18.2 Å². The van der Waals surface area contributed by atoms with Crippen molar-refractivity contribution in [2.45, 2.75) is 18.9 Å². The lowest BCUT2D eigenvalue weighted by atomic mass is 9.94. The summed E-state index contributed by atoms with van der Waals surface area (Å²) in [7, 11) is 0. The third-order valence-electron chi connectivity index (χ3n) is 3.68. The van der Waals surface area contributed by atoms with E-state index in [0.29, 0.717) is 6.42 Å². The Hall–Kier alpha value is -1.47. The Kier molecular flexibility index (Phi) is 3.95. The van der Waals surface area contributed by atoms with Gasteiger partial charge in [-0.05, 0) is 63.9 Å². The van der Waals surface area contributed by atoms with Crippen LogP contribution in [-0.2, 0) is 11.2 Å². The van der Waals surface area contributed by atoms with Crippen LogP contribution in [-0.4, -0.2) is 5.91 Å². The average molecular weight is 396 g/mol. The van der Waals surface area contributed by atoms with Crippen molar-refractivity contribution in [1.82, 2.24) is 0 Å². The molecular weight excluding hydrogens is 382 g/mol. The van der Waals surface area contributed by atoms with Crippen molar-refractivity contribution >= 4 is 34.2 Å². The number of hydrogen-bond acceptors (Lipinski definition) is 2. The lowest BCUT2D eigenvalue weighted by molar-refractivity contribution is -0.116. The number of fused-ring (bicyclic) bond motifs is 1. The predicted octanol–water partition coefficient (Wildman–Crippen LogP) is 3.36. The Balaban J connectivity index is 1.95. The monoisotopic (exact) mass is 396 g/mol. The third-order valence-corrected chi connectivity index (χ3v) is 4.62. The number of benzene rings is 2. The molecule has 0 aromatic heterocycles. The number of anilines is 1. The van der Waals surface area contributed by atoms with Crippen LogP contribution < -0.4 is 11.1 Å². The molecule has 2 aromatic rings. The fourth-order valence-corrected chi connectivity index (χ4v) is 3.34. The van der Waals surface area contributed by atoms with E-state index in [1.54, 1.807) is 6.07 Å². The highest BCUT2D eigenvalue weighted by molar-refractivity contribution is 14.1. The molecule has 3 rings (SSSR count). The van der Waals surface area contributed by atoms with Gasteiger partial charge in [-0.15, -0.1) is 0 Å². The zero-order valence-electron chi connectivity index (χ0n) is 11.2. The van der Waals surface area contributed by atoms with Crippen molar-refractivity contribution in [3.8, 4) is 0 Å². The van der Waals surface area contributed by atoms with Crippen LogP contribution in [0.4, 0.5) is 10.1 Å². The maximum Gasteiger partial charge on any atom is 0.224 e. The van der Waals surface area contributed by atoms with Crippen LogP contribution in [0.25, 0.3) is 0 Å². The van der Waals surface area contributed by atoms with E-state index in [2.05, 4.69) is 27.9 Å². The van der Waals surface area contributed by atoms with Crippen LogP contribution in [0.1, 0.15) is 29.2 Å². The molecule has 1 heterocycles. The first-order valence-electron chi connectivity index (χ1n) is 6.68. The molecule has 0 saturated carbocycles. The molecule has 3 nitrogen and oxygen atoms in total. The lowest BCUT2D eigenvalue weighted by Gasteiger charge is -2.20. The molecule has 5 heteroatoms. The molecule has 1 aliphatic rings. The van der Waals surface area contributed by atoms with E-state index in [1.165, 1.54) is 12.1 Å². The molecule has 108 valence electrons.